The summed E-state index contributed by atoms with van der Waals surface area (Å²) in [6.07, 6.45) is 0. The molecule has 0 unspecified atom stereocenters. The second-order valence-electron chi connectivity index (χ2n) is 6.63. The largest absolute Gasteiger partial charge is 0.483 e. The van der Waals surface area contributed by atoms with Gasteiger partial charge in [-0.1, -0.05) is 41.4 Å². The van der Waals surface area contributed by atoms with Crippen molar-refractivity contribution in [2.24, 2.45) is 0 Å². The number of hydrogen-bond acceptors (Lipinski definition) is 6. The summed E-state index contributed by atoms with van der Waals surface area (Å²) in [7, 11) is 2.50. The fourth-order valence-electron chi connectivity index (χ4n) is 3.08. The van der Waals surface area contributed by atoms with E-state index in [4.69, 9.17) is 37.4 Å². The first-order valence-electron chi connectivity index (χ1n) is 9.40. The number of methoxy groups -OCH3 is 2. The maximum absolute atomic E-state index is 13.0. The molecule has 0 spiro atoms. The van der Waals surface area contributed by atoms with Gasteiger partial charge in [-0.3, -0.25) is 14.5 Å². The average Bonchev–Trinajstić information content (AvgIpc) is 2.79. The lowest BCUT2D eigenvalue weighted by Crippen LogP contribution is -2.39. The topological polar surface area (TPSA) is 82.1 Å². The molecule has 0 aliphatic carbocycles. The highest BCUT2D eigenvalue weighted by molar-refractivity contribution is 6.39. The van der Waals surface area contributed by atoms with Crippen LogP contribution in [-0.4, -0.2) is 45.2 Å². The number of benzene rings is 3. The summed E-state index contributed by atoms with van der Waals surface area (Å²) in [6, 6.07) is 14.8. The number of ether oxygens (including phenoxy) is 3. The van der Waals surface area contributed by atoms with Crippen LogP contribution < -0.4 is 9.64 Å². The normalized spacial score (nSPS) is 10.5. The number of halogens is 2. The van der Waals surface area contributed by atoms with Crippen LogP contribution in [0, 0.1) is 0 Å². The van der Waals surface area contributed by atoms with Gasteiger partial charge in [-0.15, -0.1) is 0 Å². The molecule has 0 heterocycles. The van der Waals surface area contributed by atoms with Crippen molar-refractivity contribution in [2.45, 2.75) is 0 Å². The summed E-state index contributed by atoms with van der Waals surface area (Å²) >= 11 is 12.5. The molecule has 32 heavy (non-hydrogen) atoms. The van der Waals surface area contributed by atoms with Crippen LogP contribution in [0.1, 0.15) is 10.4 Å². The number of esters is 2. The maximum Gasteiger partial charge on any atom is 0.338 e. The van der Waals surface area contributed by atoms with Gasteiger partial charge in [0.05, 0.1) is 24.8 Å². The Bertz CT molecular complexity index is 1170. The number of para-hydroxylation sites is 1. The number of anilines is 1. The van der Waals surface area contributed by atoms with E-state index in [1.165, 1.54) is 31.3 Å². The zero-order chi connectivity index (χ0) is 23.3. The number of fused-ring (bicyclic) bond motifs is 1. The van der Waals surface area contributed by atoms with Crippen molar-refractivity contribution in [3.63, 3.8) is 0 Å². The summed E-state index contributed by atoms with van der Waals surface area (Å²) in [5.74, 6) is -1.47. The third kappa shape index (κ3) is 5.30. The molecular formula is C23H19Cl2NO6. The molecule has 0 radical (unpaired) electrons. The summed E-state index contributed by atoms with van der Waals surface area (Å²) < 4.78 is 15.3. The van der Waals surface area contributed by atoms with Crippen molar-refractivity contribution in [3.8, 4) is 5.75 Å². The molecule has 7 nitrogen and oxygen atoms in total. The molecular weight excluding hydrogens is 457 g/mol. The lowest BCUT2D eigenvalue weighted by molar-refractivity contribution is -0.140. The van der Waals surface area contributed by atoms with E-state index < -0.39 is 24.5 Å². The predicted molar refractivity (Wildman–Crippen MR) is 122 cm³/mol. The van der Waals surface area contributed by atoms with Crippen LogP contribution in [-0.2, 0) is 19.1 Å². The summed E-state index contributed by atoms with van der Waals surface area (Å²) in [6.45, 7) is -0.716. The predicted octanol–water partition coefficient (Wildman–Crippen LogP) is 4.52. The van der Waals surface area contributed by atoms with Gasteiger partial charge in [0.15, 0.2) is 6.61 Å². The lowest BCUT2D eigenvalue weighted by Gasteiger charge is -2.22. The number of amides is 1. The van der Waals surface area contributed by atoms with Crippen LogP contribution in [0.4, 0.5) is 5.69 Å². The molecule has 0 aromatic heterocycles. The molecule has 3 aromatic rings. The van der Waals surface area contributed by atoms with E-state index in [2.05, 4.69) is 0 Å². The zero-order valence-electron chi connectivity index (χ0n) is 17.3. The van der Waals surface area contributed by atoms with Crippen molar-refractivity contribution in [2.75, 3.05) is 32.3 Å². The Kier molecular flexibility index (Phi) is 7.56. The molecule has 3 aromatic carbocycles. The van der Waals surface area contributed by atoms with Crippen molar-refractivity contribution in [1.82, 2.24) is 0 Å². The Labute approximate surface area is 194 Å². The third-order valence-corrected chi connectivity index (χ3v) is 5.10. The van der Waals surface area contributed by atoms with Crippen LogP contribution in [0.25, 0.3) is 10.8 Å². The fourth-order valence-corrected chi connectivity index (χ4v) is 3.68. The molecule has 3 rings (SSSR count). The van der Waals surface area contributed by atoms with Gasteiger partial charge in [0, 0.05) is 16.1 Å². The van der Waals surface area contributed by atoms with Crippen LogP contribution in [0.3, 0.4) is 0 Å². The Morgan fingerprint density at radius 3 is 2.31 bits per heavy atom. The number of hydrogen-bond donors (Lipinski definition) is 0. The molecule has 0 N–H and O–H groups in total. The van der Waals surface area contributed by atoms with Crippen LogP contribution in [0.2, 0.25) is 10.0 Å². The van der Waals surface area contributed by atoms with Gasteiger partial charge in [-0.2, -0.15) is 0 Å². The molecule has 0 saturated heterocycles. The molecule has 1 amide bonds. The number of carbonyl (C=O) groups excluding carboxylic acids is 3. The molecule has 0 aliphatic heterocycles. The maximum atomic E-state index is 13.0. The second kappa shape index (κ2) is 10.3. The quantitative estimate of drug-likeness (QED) is 0.467. The summed E-state index contributed by atoms with van der Waals surface area (Å²) in [5.41, 5.74) is 0.708. The Morgan fingerprint density at radius 1 is 0.938 bits per heavy atom. The molecule has 0 saturated carbocycles. The third-order valence-electron chi connectivity index (χ3n) is 4.59. The average molecular weight is 476 g/mol. The van der Waals surface area contributed by atoms with E-state index >= 15 is 0 Å². The van der Waals surface area contributed by atoms with Gasteiger partial charge in [0.1, 0.15) is 12.3 Å². The zero-order valence-corrected chi connectivity index (χ0v) is 18.8. The number of rotatable bonds is 7. The van der Waals surface area contributed by atoms with Crippen molar-refractivity contribution in [1.29, 1.82) is 0 Å². The molecule has 0 aliphatic rings. The van der Waals surface area contributed by atoms with E-state index in [1.807, 2.05) is 0 Å². The molecule has 0 bridgehead atoms. The van der Waals surface area contributed by atoms with Gasteiger partial charge >= 0.3 is 11.9 Å². The molecule has 0 atom stereocenters. The first kappa shape index (κ1) is 23.4. The van der Waals surface area contributed by atoms with Crippen molar-refractivity contribution < 1.29 is 28.6 Å². The molecule has 0 fully saturated rings. The van der Waals surface area contributed by atoms with Crippen molar-refractivity contribution in [3.05, 3.63) is 70.2 Å². The van der Waals surface area contributed by atoms with E-state index in [0.29, 0.717) is 26.5 Å². The summed E-state index contributed by atoms with van der Waals surface area (Å²) in [5, 5.41) is 1.69. The number of nitrogens with zero attached hydrogens (tertiary/aromatic N) is 1. The van der Waals surface area contributed by atoms with Gasteiger partial charge in [-0.05, 0) is 41.8 Å². The van der Waals surface area contributed by atoms with Gasteiger partial charge in [0.25, 0.3) is 5.91 Å². The minimum Gasteiger partial charge on any atom is -0.483 e. The van der Waals surface area contributed by atoms with Crippen LogP contribution in [0.5, 0.6) is 5.75 Å². The summed E-state index contributed by atoms with van der Waals surface area (Å²) in [4.78, 5) is 38.1. The minimum absolute atomic E-state index is 0.198. The lowest BCUT2D eigenvalue weighted by atomic mass is 10.1. The Balaban J connectivity index is 1.94. The first-order valence-corrected chi connectivity index (χ1v) is 10.2. The molecule has 166 valence electrons. The standard InChI is InChI=1S/C23H19Cl2NO6/c1-30-21(28)12-26(17-6-4-3-5-7-17)20(27)13-32-19-10-15(23(29)31-2)8-14-9-16(24)11-18(25)22(14)19/h3-11H,12-13H2,1-2H3. The van der Waals surface area contributed by atoms with E-state index in [9.17, 15) is 14.4 Å². The van der Waals surface area contributed by atoms with Crippen molar-refractivity contribution >= 4 is 57.5 Å². The monoisotopic (exact) mass is 475 g/mol. The SMILES string of the molecule is COC(=O)CN(C(=O)COc1cc(C(=O)OC)cc2cc(Cl)cc(Cl)c12)c1ccccc1. The van der Waals surface area contributed by atoms with Gasteiger partial charge in [-0.25, -0.2) is 4.79 Å². The first-order chi connectivity index (χ1) is 15.3. The van der Waals surface area contributed by atoms with Crippen LogP contribution >= 0.6 is 23.2 Å². The second-order valence-corrected chi connectivity index (χ2v) is 7.48. The van der Waals surface area contributed by atoms with E-state index in [0.717, 1.165) is 0 Å². The highest BCUT2D eigenvalue weighted by Crippen LogP contribution is 2.36. The Hall–Kier alpha value is -3.29. The number of carbonyl (C=O) groups is 3. The highest BCUT2D eigenvalue weighted by atomic mass is 35.5. The van der Waals surface area contributed by atoms with Gasteiger partial charge in [0.2, 0.25) is 0 Å². The molecule has 9 heteroatoms. The Morgan fingerprint density at radius 2 is 1.66 bits per heavy atom. The minimum atomic E-state index is -0.587. The fraction of sp³-hybridized carbons (Fsp3) is 0.174. The highest BCUT2D eigenvalue weighted by Gasteiger charge is 2.21. The van der Waals surface area contributed by atoms with E-state index in [1.54, 1.807) is 42.5 Å². The smallest absolute Gasteiger partial charge is 0.338 e. The van der Waals surface area contributed by atoms with Crippen LogP contribution in [0.15, 0.2) is 54.6 Å². The van der Waals surface area contributed by atoms with E-state index in [-0.39, 0.29) is 17.9 Å². The van der Waals surface area contributed by atoms with Gasteiger partial charge < -0.3 is 14.2 Å².